The fourth-order valence-electron chi connectivity index (χ4n) is 7.40. The fourth-order valence-corrected chi connectivity index (χ4v) is 8.71. The van der Waals surface area contributed by atoms with E-state index in [1.807, 2.05) is 0 Å². The highest BCUT2D eigenvalue weighted by Crippen LogP contribution is 2.62. The van der Waals surface area contributed by atoms with Gasteiger partial charge in [-0.25, -0.2) is 0 Å². The van der Waals surface area contributed by atoms with Gasteiger partial charge in [0.25, 0.3) is 0 Å². The van der Waals surface area contributed by atoms with Crippen molar-refractivity contribution < 1.29 is 12.9 Å². The van der Waals surface area contributed by atoms with Crippen molar-refractivity contribution in [3.05, 3.63) is 46.5 Å². The lowest BCUT2D eigenvalue weighted by molar-refractivity contribution is -0.139. The summed E-state index contributed by atoms with van der Waals surface area (Å²) in [7, 11) is -1.65. The van der Waals surface area contributed by atoms with Crippen molar-refractivity contribution in [2.45, 2.75) is 144 Å². The van der Waals surface area contributed by atoms with E-state index in [0.29, 0.717) is 23.2 Å². The molecule has 3 fully saturated rings. The average molecular weight is 593 g/mol. The van der Waals surface area contributed by atoms with Crippen molar-refractivity contribution in [3.63, 3.8) is 0 Å². The van der Waals surface area contributed by atoms with Crippen molar-refractivity contribution in [3.8, 4) is 0 Å². The first-order chi connectivity index (χ1) is 19.0. The van der Waals surface area contributed by atoms with Crippen LogP contribution in [0.15, 0.2) is 32.7 Å². The molecule has 0 spiro atoms. The number of fused-ring (bicyclic) bond motifs is 5. The lowest BCUT2D eigenvalue weighted by atomic mass is 9.45. The standard InChI is InChI=1S/C38H57O3P/c1-22-28-20-25(38(28,14)15)21-31(22)39-42-40-32-26(16-23(34(2,3)4)18-29(32)36(8,9)10)27-17-24(35(5,6)7)19-30(33(27)41-42)37(11,12)13/h16-19,22,25,28,31H,20-21H2,1-15H3/t22-,25+,28-,31?/m1/s1. The molecule has 232 valence electrons. The van der Waals surface area contributed by atoms with Gasteiger partial charge in [-0.2, -0.15) is 0 Å². The van der Waals surface area contributed by atoms with E-state index in [1.54, 1.807) is 0 Å². The topological polar surface area (TPSA) is 35.5 Å². The van der Waals surface area contributed by atoms with Crippen LogP contribution in [0.5, 0.6) is 0 Å². The number of hydrogen-bond acceptors (Lipinski definition) is 3. The maximum Gasteiger partial charge on any atom is 0.387 e. The molecular weight excluding hydrogens is 535 g/mol. The second-order valence-corrected chi connectivity index (χ2v) is 19.3. The highest BCUT2D eigenvalue weighted by molar-refractivity contribution is 7.31. The molecule has 3 nitrogen and oxygen atoms in total. The average Bonchev–Trinajstić information content (AvgIpc) is 2.97. The Kier molecular flexibility index (Phi) is 7.48. The van der Waals surface area contributed by atoms with Crippen molar-refractivity contribution in [2.24, 2.45) is 23.2 Å². The molecule has 3 aliphatic carbocycles. The second-order valence-electron chi connectivity index (χ2n) is 18.3. The van der Waals surface area contributed by atoms with Gasteiger partial charge in [-0.3, -0.25) is 4.52 Å². The van der Waals surface area contributed by atoms with Gasteiger partial charge in [-0.05, 0) is 80.9 Å². The Morgan fingerprint density at radius 1 is 0.667 bits per heavy atom. The summed E-state index contributed by atoms with van der Waals surface area (Å²) >= 11 is 0. The summed E-state index contributed by atoms with van der Waals surface area (Å²) in [5.74, 6) is 1.89. The highest BCUT2D eigenvalue weighted by atomic mass is 31.1. The predicted molar refractivity (Wildman–Crippen MR) is 181 cm³/mol. The maximum atomic E-state index is 7.03. The molecule has 1 aromatic heterocycles. The normalized spacial score (nSPS) is 24.6. The number of benzene rings is 2. The maximum absolute atomic E-state index is 7.03. The molecule has 0 aliphatic heterocycles. The Bertz CT molecular complexity index is 1450. The molecule has 2 bridgehead atoms. The fraction of sp³-hybridized carbons (Fsp3) is 0.684. The first-order valence-electron chi connectivity index (χ1n) is 16.2. The smallest absolute Gasteiger partial charge is 0.387 e. The third-order valence-electron chi connectivity index (χ3n) is 10.7. The lowest BCUT2D eigenvalue weighted by Gasteiger charge is -2.61. The molecule has 3 aliphatic rings. The minimum Gasteiger partial charge on any atom is -0.399 e. The van der Waals surface area contributed by atoms with Crippen LogP contribution in [0, 0.1) is 23.2 Å². The molecule has 1 unspecified atom stereocenters. The zero-order chi connectivity index (χ0) is 31.4. The predicted octanol–water partition coefficient (Wildman–Crippen LogP) is 12.0. The zero-order valence-electron chi connectivity index (χ0n) is 29.2. The molecule has 0 radical (unpaired) electrons. The molecule has 2 aromatic carbocycles. The van der Waals surface area contributed by atoms with Crippen LogP contribution < -0.4 is 4.52 Å². The Morgan fingerprint density at radius 3 is 1.43 bits per heavy atom. The van der Waals surface area contributed by atoms with Gasteiger partial charge < -0.3 is 8.39 Å². The van der Waals surface area contributed by atoms with E-state index >= 15 is 0 Å². The molecule has 42 heavy (non-hydrogen) atoms. The molecule has 0 amide bonds. The first kappa shape index (κ1) is 31.7. The Morgan fingerprint density at radius 2 is 1.10 bits per heavy atom. The van der Waals surface area contributed by atoms with Gasteiger partial charge in [0.1, 0.15) is 11.2 Å². The molecule has 3 aromatic rings. The Balaban J connectivity index is 1.89. The SMILES string of the molecule is C[C@H]1C(Op2oc3c(C(C)(C)C)cc(C(C)(C)C)cc3c3cc(C(C)(C)C)cc(C(C)(C)C)c3o2)C[C@@H]2C[C@H]1C2(C)C. The Labute approximate surface area is 256 Å². The third kappa shape index (κ3) is 5.51. The number of rotatable bonds is 2. The second kappa shape index (κ2) is 9.90. The molecular formula is C38H57O3P. The summed E-state index contributed by atoms with van der Waals surface area (Å²) in [6.45, 7) is 34.8. The molecule has 4 atom stereocenters. The molecule has 3 saturated carbocycles. The quantitative estimate of drug-likeness (QED) is 0.297. The van der Waals surface area contributed by atoms with Crippen molar-refractivity contribution in [1.29, 1.82) is 0 Å². The summed E-state index contributed by atoms with van der Waals surface area (Å²) in [6, 6.07) is 9.48. The molecule has 1 heterocycles. The van der Waals surface area contributed by atoms with Crippen LogP contribution >= 0.6 is 8.24 Å². The van der Waals surface area contributed by atoms with Gasteiger partial charge in [0.05, 0.1) is 6.10 Å². The summed E-state index contributed by atoms with van der Waals surface area (Å²) in [5.41, 5.74) is 7.08. The van der Waals surface area contributed by atoms with E-state index in [2.05, 4.69) is 128 Å². The van der Waals surface area contributed by atoms with E-state index in [-0.39, 0.29) is 27.8 Å². The van der Waals surface area contributed by atoms with Gasteiger partial charge in [0.2, 0.25) is 0 Å². The lowest BCUT2D eigenvalue weighted by Crippen LogP contribution is -2.57. The van der Waals surface area contributed by atoms with Crippen LogP contribution in [-0.4, -0.2) is 6.10 Å². The molecule has 0 saturated heterocycles. The van der Waals surface area contributed by atoms with Crippen molar-refractivity contribution in [2.75, 3.05) is 0 Å². The van der Waals surface area contributed by atoms with E-state index in [4.69, 9.17) is 12.9 Å². The van der Waals surface area contributed by atoms with Crippen LogP contribution in [0.3, 0.4) is 0 Å². The van der Waals surface area contributed by atoms with E-state index in [1.165, 1.54) is 28.7 Å². The van der Waals surface area contributed by atoms with Crippen LogP contribution in [-0.2, 0) is 21.7 Å². The minimum absolute atomic E-state index is 0.0105. The summed E-state index contributed by atoms with van der Waals surface area (Å²) in [5, 5.41) is 2.27. The van der Waals surface area contributed by atoms with Crippen LogP contribution in [0.25, 0.3) is 21.9 Å². The molecule has 4 heteroatoms. The van der Waals surface area contributed by atoms with Gasteiger partial charge in [0, 0.05) is 21.9 Å². The van der Waals surface area contributed by atoms with Crippen LogP contribution in [0.4, 0.5) is 0 Å². The van der Waals surface area contributed by atoms with Crippen molar-refractivity contribution in [1.82, 2.24) is 0 Å². The van der Waals surface area contributed by atoms with Gasteiger partial charge in [0.15, 0.2) is 0 Å². The largest absolute Gasteiger partial charge is 0.399 e. The van der Waals surface area contributed by atoms with Gasteiger partial charge in [-0.1, -0.05) is 116 Å². The van der Waals surface area contributed by atoms with Crippen LogP contribution in [0.1, 0.15) is 139 Å². The zero-order valence-corrected chi connectivity index (χ0v) is 30.1. The highest BCUT2D eigenvalue weighted by Gasteiger charge is 2.57. The van der Waals surface area contributed by atoms with Crippen molar-refractivity contribution >= 4 is 30.2 Å². The molecule has 0 N–H and O–H groups in total. The summed E-state index contributed by atoms with van der Waals surface area (Å²) < 4.78 is 21.0. The first-order valence-corrected chi connectivity index (χ1v) is 17.3. The summed E-state index contributed by atoms with van der Waals surface area (Å²) in [6.07, 6.45) is 2.56. The van der Waals surface area contributed by atoms with Gasteiger partial charge in [-0.15, -0.1) is 0 Å². The minimum atomic E-state index is -1.65. The third-order valence-corrected chi connectivity index (χ3v) is 11.8. The van der Waals surface area contributed by atoms with Crippen LogP contribution in [0.2, 0.25) is 0 Å². The van der Waals surface area contributed by atoms with E-state index in [0.717, 1.165) is 28.4 Å². The van der Waals surface area contributed by atoms with E-state index < -0.39 is 8.24 Å². The van der Waals surface area contributed by atoms with Gasteiger partial charge >= 0.3 is 8.24 Å². The Hall–Kier alpha value is -1.70. The number of hydrogen-bond donors (Lipinski definition) is 0. The molecule has 6 rings (SSSR count). The van der Waals surface area contributed by atoms with E-state index in [9.17, 15) is 0 Å². The summed E-state index contributed by atoms with van der Waals surface area (Å²) in [4.78, 5) is 0. The monoisotopic (exact) mass is 592 g/mol.